The van der Waals surface area contributed by atoms with Crippen LogP contribution in [-0.4, -0.2) is 26.7 Å². The van der Waals surface area contributed by atoms with Crippen molar-refractivity contribution in [3.8, 4) is 11.8 Å². The molecule has 0 fully saturated rings. The van der Waals surface area contributed by atoms with Crippen LogP contribution in [0.25, 0.3) is 0 Å². The highest BCUT2D eigenvalue weighted by atomic mass is 32.2. The van der Waals surface area contributed by atoms with Crippen LogP contribution in [0, 0.1) is 18.8 Å². The summed E-state index contributed by atoms with van der Waals surface area (Å²) in [5, 5.41) is 8.61. The predicted octanol–water partition coefficient (Wildman–Crippen LogP) is 0.605. The highest BCUT2D eigenvalue weighted by molar-refractivity contribution is 7.90. The van der Waals surface area contributed by atoms with Crippen LogP contribution in [0.1, 0.15) is 18.1 Å². The summed E-state index contributed by atoms with van der Waals surface area (Å²) in [6.45, 7) is 3.66. The largest absolute Gasteiger partial charge is 0.384 e. The molecule has 0 aliphatic heterocycles. The molecule has 5 nitrogen and oxygen atoms in total. The van der Waals surface area contributed by atoms with Crippen molar-refractivity contribution >= 4 is 15.9 Å². The lowest BCUT2D eigenvalue weighted by Gasteiger charge is -2.09. The third kappa shape index (κ3) is 4.37. The maximum atomic E-state index is 11.5. The zero-order chi connectivity index (χ0) is 13.6. The Morgan fingerprint density at radius 1 is 1.39 bits per heavy atom. The van der Waals surface area contributed by atoms with Gasteiger partial charge in [-0.2, -0.15) is 13.1 Å². The number of benzene rings is 1. The molecule has 0 aromatic heterocycles. The Morgan fingerprint density at radius 3 is 2.67 bits per heavy atom. The molecule has 0 radical (unpaired) electrons. The first-order chi connectivity index (χ1) is 8.48. The first kappa shape index (κ1) is 14.5. The standard InChI is InChI=1S/C12H16N2O3S/c1-3-13-18(16,17)14-12-7-6-11(5-4-8-15)10(2)9-12/h6-7,9,13-15H,3,8H2,1-2H3. The highest BCUT2D eigenvalue weighted by Gasteiger charge is 2.08. The summed E-state index contributed by atoms with van der Waals surface area (Å²) in [6, 6.07) is 5.03. The lowest BCUT2D eigenvalue weighted by molar-refractivity contribution is 0.350. The number of hydrogen-bond donors (Lipinski definition) is 3. The fourth-order valence-electron chi connectivity index (χ4n) is 1.38. The second-order valence-corrected chi connectivity index (χ2v) is 5.09. The topological polar surface area (TPSA) is 78.4 Å². The van der Waals surface area contributed by atoms with Crippen LogP contribution in [0.4, 0.5) is 5.69 Å². The molecule has 0 saturated carbocycles. The van der Waals surface area contributed by atoms with E-state index < -0.39 is 10.2 Å². The summed E-state index contributed by atoms with van der Waals surface area (Å²) in [5.41, 5.74) is 2.08. The van der Waals surface area contributed by atoms with Gasteiger partial charge in [0.15, 0.2) is 0 Å². The molecule has 1 rings (SSSR count). The van der Waals surface area contributed by atoms with Crippen LogP contribution in [-0.2, 0) is 10.2 Å². The van der Waals surface area contributed by atoms with Crippen LogP contribution < -0.4 is 9.44 Å². The molecular formula is C12H16N2O3S. The molecule has 0 unspecified atom stereocenters. The Balaban J connectivity index is 2.92. The molecule has 0 heterocycles. The number of nitrogens with one attached hydrogen (secondary N) is 2. The Morgan fingerprint density at radius 2 is 2.11 bits per heavy atom. The quantitative estimate of drug-likeness (QED) is 0.700. The average molecular weight is 268 g/mol. The summed E-state index contributed by atoms with van der Waals surface area (Å²) in [5.74, 6) is 5.33. The fourth-order valence-corrected chi connectivity index (χ4v) is 2.27. The van der Waals surface area contributed by atoms with Crippen LogP contribution in [0.3, 0.4) is 0 Å². The third-order valence-electron chi connectivity index (χ3n) is 2.12. The summed E-state index contributed by atoms with van der Waals surface area (Å²) in [7, 11) is -3.51. The normalized spacial score (nSPS) is 10.6. The molecule has 0 atom stereocenters. The number of aliphatic hydroxyl groups is 1. The van der Waals surface area contributed by atoms with Crippen LogP contribution in [0.2, 0.25) is 0 Å². The van der Waals surface area contributed by atoms with Gasteiger partial charge in [-0.05, 0) is 30.7 Å². The van der Waals surface area contributed by atoms with Gasteiger partial charge in [-0.3, -0.25) is 4.72 Å². The minimum Gasteiger partial charge on any atom is -0.384 e. The van der Waals surface area contributed by atoms with Gasteiger partial charge in [-0.15, -0.1) is 0 Å². The van der Waals surface area contributed by atoms with Crippen molar-refractivity contribution in [2.24, 2.45) is 0 Å². The number of hydrogen-bond acceptors (Lipinski definition) is 3. The maximum Gasteiger partial charge on any atom is 0.299 e. The van der Waals surface area contributed by atoms with Gasteiger partial charge < -0.3 is 5.11 Å². The lowest BCUT2D eigenvalue weighted by atomic mass is 10.1. The van der Waals surface area contributed by atoms with E-state index in [4.69, 9.17) is 5.11 Å². The van der Waals surface area contributed by atoms with E-state index in [-0.39, 0.29) is 6.61 Å². The van der Waals surface area contributed by atoms with Crippen molar-refractivity contribution in [1.29, 1.82) is 0 Å². The molecule has 0 spiro atoms. The first-order valence-corrected chi connectivity index (χ1v) is 6.94. The molecule has 0 amide bonds. The van der Waals surface area contributed by atoms with E-state index in [1.807, 2.05) is 6.92 Å². The number of aryl methyl sites for hydroxylation is 1. The van der Waals surface area contributed by atoms with E-state index in [2.05, 4.69) is 21.3 Å². The number of anilines is 1. The van der Waals surface area contributed by atoms with Crippen molar-refractivity contribution in [1.82, 2.24) is 4.72 Å². The van der Waals surface area contributed by atoms with Gasteiger partial charge in [0, 0.05) is 12.1 Å². The second kappa shape index (κ2) is 6.40. The summed E-state index contributed by atoms with van der Waals surface area (Å²) in [6.07, 6.45) is 0. The van der Waals surface area contributed by atoms with Gasteiger partial charge in [0.2, 0.25) is 0 Å². The van der Waals surface area contributed by atoms with Crippen LogP contribution in [0.15, 0.2) is 18.2 Å². The monoisotopic (exact) mass is 268 g/mol. The molecule has 98 valence electrons. The van der Waals surface area contributed by atoms with Gasteiger partial charge in [0.1, 0.15) is 6.61 Å². The lowest BCUT2D eigenvalue weighted by Crippen LogP contribution is -2.29. The van der Waals surface area contributed by atoms with Gasteiger partial charge in [0.05, 0.1) is 5.69 Å². The number of aliphatic hydroxyl groups excluding tert-OH is 1. The third-order valence-corrected chi connectivity index (χ3v) is 3.29. The Hall–Kier alpha value is -1.55. The van der Waals surface area contributed by atoms with E-state index >= 15 is 0 Å². The summed E-state index contributed by atoms with van der Waals surface area (Å²) < 4.78 is 27.7. The van der Waals surface area contributed by atoms with Crippen LogP contribution in [0.5, 0.6) is 0 Å². The smallest absolute Gasteiger partial charge is 0.299 e. The SMILES string of the molecule is CCNS(=O)(=O)Nc1ccc(C#CCO)c(C)c1. The molecular weight excluding hydrogens is 252 g/mol. The number of rotatable bonds is 4. The molecule has 1 aromatic carbocycles. The van der Waals surface area contributed by atoms with Crippen molar-refractivity contribution < 1.29 is 13.5 Å². The van der Waals surface area contributed by atoms with Crippen LogP contribution >= 0.6 is 0 Å². The van der Waals surface area contributed by atoms with Gasteiger partial charge >= 0.3 is 0 Å². The van der Waals surface area contributed by atoms with E-state index in [0.29, 0.717) is 12.2 Å². The minimum absolute atomic E-state index is 0.200. The molecule has 6 heteroatoms. The van der Waals surface area contributed by atoms with Crippen molar-refractivity contribution in [2.45, 2.75) is 13.8 Å². The molecule has 1 aromatic rings. The second-order valence-electron chi connectivity index (χ2n) is 3.59. The zero-order valence-corrected chi connectivity index (χ0v) is 11.1. The van der Waals surface area contributed by atoms with E-state index in [1.165, 1.54) is 0 Å². The molecule has 18 heavy (non-hydrogen) atoms. The highest BCUT2D eigenvalue weighted by Crippen LogP contribution is 2.15. The molecule has 0 bridgehead atoms. The van der Waals surface area contributed by atoms with E-state index in [0.717, 1.165) is 11.1 Å². The summed E-state index contributed by atoms with van der Waals surface area (Å²) in [4.78, 5) is 0. The molecule has 0 aliphatic rings. The Kier molecular flexibility index (Phi) is 5.16. The molecule has 0 aliphatic carbocycles. The van der Waals surface area contributed by atoms with Gasteiger partial charge in [0.25, 0.3) is 10.2 Å². The van der Waals surface area contributed by atoms with Crippen molar-refractivity contribution in [3.63, 3.8) is 0 Å². The average Bonchev–Trinajstić information content (AvgIpc) is 2.27. The minimum atomic E-state index is -3.51. The zero-order valence-electron chi connectivity index (χ0n) is 10.3. The maximum absolute atomic E-state index is 11.5. The fraction of sp³-hybridized carbons (Fsp3) is 0.333. The first-order valence-electron chi connectivity index (χ1n) is 5.46. The molecule has 3 N–H and O–H groups in total. The van der Waals surface area contributed by atoms with Gasteiger partial charge in [-0.25, -0.2) is 0 Å². The van der Waals surface area contributed by atoms with Crippen molar-refractivity contribution in [2.75, 3.05) is 17.9 Å². The molecule has 0 saturated heterocycles. The van der Waals surface area contributed by atoms with E-state index in [9.17, 15) is 8.42 Å². The van der Waals surface area contributed by atoms with E-state index in [1.54, 1.807) is 25.1 Å². The van der Waals surface area contributed by atoms with Crippen molar-refractivity contribution in [3.05, 3.63) is 29.3 Å². The predicted molar refractivity (Wildman–Crippen MR) is 71.4 cm³/mol. The Labute approximate surface area is 107 Å². The Bertz CT molecular complexity index is 571. The summed E-state index contributed by atoms with van der Waals surface area (Å²) >= 11 is 0. The van der Waals surface area contributed by atoms with Gasteiger partial charge in [-0.1, -0.05) is 18.8 Å².